The Morgan fingerprint density at radius 3 is 1.77 bits per heavy atom. The molecule has 5 N–H and O–H groups in total. The first-order chi connectivity index (χ1) is 35.5. The Balaban J connectivity index is 0.000000175. The molecular formula is C56H48N10O6S. The summed E-state index contributed by atoms with van der Waals surface area (Å²) in [5, 5.41) is 41.6. The van der Waals surface area contributed by atoms with Crippen LogP contribution in [0.2, 0.25) is 0 Å². The molecule has 16 nitrogen and oxygen atoms in total. The molecule has 0 atom stereocenters. The van der Waals surface area contributed by atoms with Gasteiger partial charge in [-0.2, -0.15) is 10.2 Å². The first-order valence-electron chi connectivity index (χ1n) is 23.4. The monoisotopic (exact) mass is 988 g/mol. The predicted octanol–water partition coefficient (Wildman–Crippen LogP) is 10.7. The number of rotatable bonds is 13. The molecule has 0 unspecified atom stereocenters. The van der Waals surface area contributed by atoms with Gasteiger partial charge in [-0.15, -0.1) is 0 Å². The number of fused-ring (bicyclic) bond motifs is 2. The Bertz CT molecular complexity index is 3920. The van der Waals surface area contributed by atoms with Crippen LogP contribution < -0.4 is 5.73 Å². The largest absolute Gasteiger partial charge is 0.399 e. The number of hydrogen-bond acceptors (Lipinski definition) is 11. The number of pyridine rings is 2. The standard InChI is InChI=1S/C31H25N5O5S.C25H23N5O/c1-2-34-19-28(30(33-34)22-11-13-24(14-12-22)36(38)39)26-15-16-32-31-27(26)18-29(23-8-6-7-21(17-23)20-37)35(31)42(40,41)25-9-4-3-5-10-25;1-2-30-14-22(24(29-30)17-6-8-19(26)9-7-17)20-10-11-27-25-21(20)13-23(28-25)18-5-3-4-16(12-18)15-31/h3-19,37H,2,20H2,1H3;3-14,31H,2,15,26H2,1H3,(H,27,28). The summed E-state index contributed by atoms with van der Waals surface area (Å²) in [7, 11) is -4.09. The number of aliphatic hydroxyl groups excluding tert-OH is 2. The number of aliphatic hydroxyl groups is 2. The molecule has 11 rings (SSSR count). The van der Waals surface area contributed by atoms with E-state index in [-0.39, 0.29) is 29.4 Å². The Kier molecular flexibility index (Phi) is 13.0. The fraction of sp³-hybridized carbons (Fsp3) is 0.107. The van der Waals surface area contributed by atoms with Gasteiger partial charge in [0.1, 0.15) is 17.0 Å². The van der Waals surface area contributed by atoms with Crippen molar-refractivity contribution in [2.24, 2.45) is 0 Å². The second kappa shape index (κ2) is 20.0. The van der Waals surface area contributed by atoms with Crippen molar-refractivity contribution >= 4 is 43.5 Å². The Morgan fingerprint density at radius 2 is 1.18 bits per heavy atom. The van der Waals surface area contributed by atoms with E-state index >= 15 is 0 Å². The average Bonchev–Trinajstić information content (AvgIpc) is 4.26. The fourth-order valence-corrected chi connectivity index (χ4v) is 10.4. The van der Waals surface area contributed by atoms with Crippen LogP contribution in [0, 0.1) is 10.1 Å². The van der Waals surface area contributed by atoms with Crippen LogP contribution in [0.25, 0.3) is 89.4 Å². The van der Waals surface area contributed by atoms with Gasteiger partial charge in [0.05, 0.1) is 28.7 Å². The maximum absolute atomic E-state index is 14.1. The maximum atomic E-state index is 14.1. The van der Waals surface area contributed by atoms with Gasteiger partial charge in [-0.1, -0.05) is 66.7 Å². The topological polar surface area (TPSA) is 226 Å². The molecule has 11 aromatic rings. The molecule has 0 aliphatic carbocycles. The maximum Gasteiger partial charge on any atom is 0.269 e. The van der Waals surface area contributed by atoms with Gasteiger partial charge in [0, 0.05) is 94.4 Å². The zero-order valence-corrected chi connectivity index (χ0v) is 40.5. The molecule has 0 saturated carbocycles. The van der Waals surface area contributed by atoms with E-state index in [0.29, 0.717) is 45.6 Å². The zero-order chi connectivity index (χ0) is 50.8. The molecule has 6 heterocycles. The Hall–Kier alpha value is -9.03. The number of nitrogens with one attached hydrogen (secondary N) is 1. The van der Waals surface area contributed by atoms with Crippen molar-refractivity contribution in [2.75, 3.05) is 5.73 Å². The molecule has 364 valence electrons. The van der Waals surface area contributed by atoms with Crippen molar-refractivity contribution in [2.45, 2.75) is 45.0 Å². The summed E-state index contributed by atoms with van der Waals surface area (Å²) in [4.78, 5) is 23.4. The summed E-state index contributed by atoms with van der Waals surface area (Å²) < 4.78 is 33.2. The van der Waals surface area contributed by atoms with E-state index in [4.69, 9.17) is 15.9 Å². The summed E-state index contributed by atoms with van der Waals surface area (Å²) in [5.41, 5.74) is 18.9. The number of nitro groups is 1. The number of hydrogen-bond donors (Lipinski definition) is 4. The number of benzene rings is 5. The van der Waals surface area contributed by atoms with Crippen LogP contribution in [0.1, 0.15) is 25.0 Å². The van der Waals surface area contributed by atoms with Gasteiger partial charge in [-0.3, -0.25) is 19.5 Å². The van der Waals surface area contributed by atoms with Crippen molar-refractivity contribution in [3.8, 4) is 67.3 Å². The number of aryl methyl sites for hydroxylation is 2. The summed E-state index contributed by atoms with van der Waals surface area (Å²) in [6, 6.07) is 44.8. The number of non-ortho nitro benzene ring substituents is 1. The Morgan fingerprint density at radius 1 is 0.616 bits per heavy atom. The molecule has 0 spiro atoms. The second-order valence-corrected chi connectivity index (χ2v) is 18.9. The molecule has 6 aromatic heterocycles. The van der Waals surface area contributed by atoms with E-state index < -0.39 is 14.9 Å². The van der Waals surface area contributed by atoms with Crippen LogP contribution in [0.4, 0.5) is 11.4 Å². The lowest BCUT2D eigenvalue weighted by Crippen LogP contribution is -2.14. The van der Waals surface area contributed by atoms with Crippen molar-refractivity contribution in [3.63, 3.8) is 0 Å². The third kappa shape index (κ3) is 9.26. The van der Waals surface area contributed by atoms with Crippen molar-refractivity contribution in [1.29, 1.82) is 0 Å². The SMILES string of the molecule is CCn1cc(-c2ccnc3[nH]c(-c4cccc(CO)c4)cc23)c(-c2ccc(N)cc2)n1.CCn1cc(-c2ccnc3c2cc(-c2cccc(CO)c2)n3S(=O)(=O)c2ccccc2)c(-c2ccc([N+](=O)[O-])cc2)n1. The summed E-state index contributed by atoms with van der Waals surface area (Å²) in [5.74, 6) is 0. The van der Waals surface area contributed by atoms with Crippen LogP contribution in [-0.2, 0) is 36.3 Å². The number of H-pyrrole nitrogens is 1. The summed E-state index contributed by atoms with van der Waals surface area (Å²) >= 11 is 0. The van der Waals surface area contributed by atoms with E-state index in [1.807, 2.05) is 84.7 Å². The second-order valence-electron chi connectivity index (χ2n) is 17.1. The normalized spacial score (nSPS) is 11.5. The third-order valence-corrected chi connectivity index (χ3v) is 14.3. The minimum Gasteiger partial charge on any atom is -0.399 e. The van der Waals surface area contributed by atoms with E-state index in [0.717, 1.165) is 68.0 Å². The number of aromatic nitrogens is 8. The van der Waals surface area contributed by atoms with Gasteiger partial charge in [-0.25, -0.2) is 22.4 Å². The molecule has 0 radical (unpaired) electrons. The first kappa shape index (κ1) is 47.6. The van der Waals surface area contributed by atoms with Crippen molar-refractivity contribution in [1.82, 2.24) is 38.5 Å². The van der Waals surface area contributed by atoms with Gasteiger partial charge in [0.25, 0.3) is 15.7 Å². The highest BCUT2D eigenvalue weighted by atomic mass is 32.2. The van der Waals surface area contributed by atoms with Gasteiger partial charge in [-0.05, 0) is 120 Å². The lowest BCUT2D eigenvalue weighted by molar-refractivity contribution is -0.384. The fourth-order valence-electron chi connectivity index (χ4n) is 8.91. The van der Waals surface area contributed by atoms with Crippen LogP contribution in [0.15, 0.2) is 181 Å². The minimum atomic E-state index is -4.09. The van der Waals surface area contributed by atoms with E-state index in [1.54, 1.807) is 71.5 Å². The van der Waals surface area contributed by atoms with Gasteiger partial charge < -0.3 is 20.9 Å². The highest BCUT2D eigenvalue weighted by Crippen LogP contribution is 2.41. The number of anilines is 1. The quantitative estimate of drug-likeness (QED) is 0.0483. The summed E-state index contributed by atoms with van der Waals surface area (Å²) in [6.45, 7) is 5.21. The van der Waals surface area contributed by atoms with E-state index in [2.05, 4.69) is 34.1 Å². The van der Waals surface area contributed by atoms with E-state index in [9.17, 15) is 28.7 Å². The van der Waals surface area contributed by atoms with Crippen LogP contribution in [0.3, 0.4) is 0 Å². The summed E-state index contributed by atoms with van der Waals surface area (Å²) in [6.07, 6.45) is 7.34. The number of aromatic amines is 1. The molecule has 0 bridgehead atoms. The van der Waals surface area contributed by atoms with E-state index in [1.165, 1.54) is 28.2 Å². The molecule has 0 saturated heterocycles. The van der Waals surface area contributed by atoms with Crippen LogP contribution in [0.5, 0.6) is 0 Å². The predicted molar refractivity (Wildman–Crippen MR) is 283 cm³/mol. The Labute approximate surface area is 419 Å². The molecule has 0 aliphatic heterocycles. The minimum absolute atomic E-state index is 0.0126. The van der Waals surface area contributed by atoms with Gasteiger partial charge in [0.15, 0.2) is 5.65 Å². The highest BCUT2D eigenvalue weighted by Gasteiger charge is 2.28. The number of nitrogen functional groups attached to an aromatic ring is 1. The molecule has 0 fully saturated rings. The van der Waals surface area contributed by atoms with Crippen LogP contribution >= 0.6 is 0 Å². The number of nitrogens with two attached hydrogens (primary N) is 1. The molecule has 0 amide bonds. The average molecular weight is 989 g/mol. The van der Waals surface area contributed by atoms with Gasteiger partial charge >= 0.3 is 0 Å². The van der Waals surface area contributed by atoms with Gasteiger partial charge in [0.2, 0.25) is 0 Å². The smallest absolute Gasteiger partial charge is 0.269 e. The molecule has 0 aliphatic rings. The molecular weight excluding hydrogens is 941 g/mol. The zero-order valence-electron chi connectivity index (χ0n) is 39.7. The molecule has 5 aromatic carbocycles. The lowest BCUT2D eigenvalue weighted by atomic mass is 10.00. The highest BCUT2D eigenvalue weighted by molar-refractivity contribution is 7.90. The molecule has 73 heavy (non-hydrogen) atoms. The van der Waals surface area contributed by atoms with Crippen molar-refractivity contribution < 1.29 is 23.6 Å². The lowest BCUT2D eigenvalue weighted by Gasteiger charge is -2.12. The van der Waals surface area contributed by atoms with Crippen molar-refractivity contribution in [3.05, 3.63) is 198 Å². The first-order valence-corrected chi connectivity index (χ1v) is 24.9. The number of nitrogens with zero attached hydrogens (tertiary/aromatic N) is 8. The third-order valence-electron chi connectivity index (χ3n) is 12.6. The molecule has 17 heteroatoms. The van der Waals surface area contributed by atoms with Crippen LogP contribution in [-0.4, -0.2) is 62.0 Å². The number of nitro benzene ring substituents is 1.